The van der Waals surface area contributed by atoms with Crippen molar-refractivity contribution in [3.05, 3.63) is 18.2 Å². The molecule has 0 aliphatic carbocycles. The summed E-state index contributed by atoms with van der Waals surface area (Å²) in [5.41, 5.74) is -0.768. The van der Waals surface area contributed by atoms with Crippen molar-refractivity contribution in [3.63, 3.8) is 0 Å². The summed E-state index contributed by atoms with van der Waals surface area (Å²) in [5, 5.41) is 8.41. The Morgan fingerprint density at radius 1 is 1.35 bits per heavy atom. The van der Waals surface area contributed by atoms with Gasteiger partial charge in [-0.05, 0) is 77.8 Å². The molecule has 3 N–H and O–H groups in total. The van der Waals surface area contributed by atoms with Crippen LogP contribution in [0.5, 0.6) is 0 Å². The van der Waals surface area contributed by atoms with E-state index in [-0.39, 0.29) is 22.7 Å². The topological polar surface area (TPSA) is 115 Å². The minimum Gasteiger partial charge on any atom is -0.444 e. The number of hydrogen-bond acceptors (Lipinski definition) is 6. The Morgan fingerprint density at radius 2 is 2.00 bits per heavy atom. The van der Waals surface area contributed by atoms with Gasteiger partial charge in [0.05, 0.1) is 0 Å². The van der Waals surface area contributed by atoms with E-state index in [4.69, 9.17) is 9.88 Å². The van der Waals surface area contributed by atoms with Crippen molar-refractivity contribution >= 4 is 21.9 Å². The molecule has 0 aromatic carbocycles. The van der Waals surface area contributed by atoms with E-state index in [0.29, 0.717) is 24.2 Å². The zero-order valence-electron chi connectivity index (χ0n) is 19.8. The maximum absolute atomic E-state index is 12.6. The highest BCUT2D eigenvalue weighted by atomic mass is 32.2. The van der Waals surface area contributed by atoms with E-state index in [2.05, 4.69) is 38.0 Å². The van der Waals surface area contributed by atoms with Gasteiger partial charge in [-0.1, -0.05) is 19.9 Å². The summed E-state index contributed by atoms with van der Waals surface area (Å²) in [5.74, 6) is 1.18. The van der Waals surface area contributed by atoms with E-state index >= 15 is 0 Å². The standard InChI is InChI=1S/C22H38N4O4S/c1-15(2)17(24-18-9-8-10-19(25-18)31(23,28)29)12-11-16-13-22(6,7)26(14-16)20(27)30-21(3,4)5/h8-10,15-17H,11-14H2,1-7H3,(H,24,25)(H2,23,28,29)/t16-,17?/m1/s1. The summed E-state index contributed by atoms with van der Waals surface area (Å²) in [6.45, 7) is 14.7. The number of rotatable bonds is 7. The van der Waals surface area contributed by atoms with E-state index in [1.165, 1.54) is 6.07 Å². The van der Waals surface area contributed by atoms with Gasteiger partial charge in [0.15, 0.2) is 5.03 Å². The summed E-state index contributed by atoms with van der Waals surface area (Å²) in [6, 6.07) is 4.87. The van der Waals surface area contributed by atoms with Gasteiger partial charge in [0.25, 0.3) is 10.0 Å². The van der Waals surface area contributed by atoms with Gasteiger partial charge in [0, 0.05) is 18.1 Å². The molecule has 0 saturated carbocycles. The van der Waals surface area contributed by atoms with Crippen LogP contribution in [0.2, 0.25) is 0 Å². The van der Waals surface area contributed by atoms with Crippen molar-refractivity contribution in [2.45, 2.75) is 89.9 Å². The van der Waals surface area contributed by atoms with E-state index in [9.17, 15) is 13.2 Å². The van der Waals surface area contributed by atoms with E-state index < -0.39 is 15.6 Å². The highest BCUT2D eigenvalue weighted by Crippen LogP contribution is 2.36. The Kier molecular flexibility index (Phi) is 7.63. The van der Waals surface area contributed by atoms with Gasteiger partial charge >= 0.3 is 6.09 Å². The number of hydrogen-bond donors (Lipinski definition) is 2. The van der Waals surface area contributed by atoms with Crippen LogP contribution in [0.3, 0.4) is 0 Å². The van der Waals surface area contributed by atoms with Crippen LogP contribution in [-0.4, -0.2) is 48.1 Å². The Morgan fingerprint density at radius 3 is 2.55 bits per heavy atom. The second kappa shape index (κ2) is 9.32. The molecule has 176 valence electrons. The lowest BCUT2D eigenvalue weighted by atomic mass is 9.89. The normalized spacial score (nSPS) is 20.0. The van der Waals surface area contributed by atoms with Crippen LogP contribution in [0.4, 0.5) is 10.6 Å². The first kappa shape index (κ1) is 25.4. The van der Waals surface area contributed by atoms with Gasteiger partial charge in [-0.25, -0.2) is 23.3 Å². The number of nitrogens with two attached hydrogens (primary N) is 1. The Hall–Kier alpha value is -1.87. The number of nitrogens with one attached hydrogen (secondary N) is 1. The lowest BCUT2D eigenvalue weighted by Crippen LogP contribution is -2.45. The molecular weight excluding hydrogens is 416 g/mol. The smallest absolute Gasteiger partial charge is 0.410 e. The second-order valence-corrected chi connectivity index (χ2v) is 12.0. The van der Waals surface area contributed by atoms with Gasteiger partial charge in [0.1, 0.15) is 11.4 Å². The van der Waals surface area contributed by atoms with Gasteiger partial charge in [-0.2, -0.15) is 0 Å². The number of nitrogens with zero attached hydrogens (tertiary/aromatic N) is 2. The van der Waals surface area contributed by atoms with Gasteiger partial charge < -0.3 is 15.0 Å². The molecule has 1 aliphatic heterocycles. The molecule has 31 heavy (non-hydrogen) atoms. The van der Waals surface area contributed by atoms with Crippen LogP contribution in [0, 0.1) is 11.8 Å². The number of carbonyl (C=O) groups is 1. The molecule has 9 heteroatoms. The molecule has 0 spiro atoms. The highest BCUT2D eigenvalue weighted by Gasteiger charge is 2.42. The zero-order valence-corrected chi connectivity index (χ0v) is 20.6. The van der Waals surface area contributed by atoms with E-state index in [1.807, 2.05) is 25.7 Å². The van der Waals surface area contributed by atoms with Crippen molar-refractivity contribution in [1.29, 1.82) is 0 Å². The zero-order chi connectivity index (χ0) is 23.6. The number of sulfonamides is 1. The SMILES string of the molecule is CC(C)C(CC[C@H]1CN(C(=O)OC(C)(C)C)C(C)(C)C1)Nc1cccc(S(N)(=O)=O)n1. The summed E-state index contributed by atoms with van der Waals surface area (Å²) >= 11 is 0. The molecule has 2 rings (SSSR count). The van der Waals surface area contributed by atoms with Crippen LogP contribution < -0.4 is 10.5 Å². The lowest BCUT2D eigenvalue weighted by molar-refractivity contribution is 0.0130. The van der Waals surface area contributed by atoms with Crippen LogP contribution in [0.1, 0.15) is 67.7 Å². The average molecular weight is 455 g/mol. The minimum absolute atomic E-state index is 0.113. The van der Waals surface area contributed by atoms with Crippen molar-refractivity contribution < 1.29 is 17.9 Å². The second-order valence-electron chi connectivity index (χ2n) is 10.5. The fraction of sp³-hybridized carbons (Fsp3) is 0.727. The molecule has 1 aliphatic rings. The predicted molar refractivity (Wildman–Crippen MR) is 122 cm³/mol. The minimum atomic E-state index is -3.85. The number of pyridine rings is 1. The molecule has 1 aromatic rings. The van der Waals surface area contributed by atoms with Crippen molar-refractivity contribution in [2.75, 3.05) is 11.9 Å². The van der Waals surface area contributed by atoms with E-state index in [0.717, 1.165) is 19.3 Å². The Labute approximate surface area is 187 Å². The molecule has 1 saturated heterocycles. The molecule has 1 amide bonds. The number of likely N-dealkylation sites (tertiary alicyclic amines) is 1. The third kappa shape index (κ3) is 7.35. The van der Waals surface area contributed by atoms with Crippen LogP contribution in [0.15, 0.2) is 23.2 Å². The third-order valence-corrected chi connectivity index (χ3v) is 6.42. The molecule has 2 atom stereocenters. The number of primary sulfonamides is 1. The molecule has 1 aromatic heterocycles. The maximum Gasteiger partial charge on any atom is 0.410 e. The summed E-state index contributed by atoms with van der Waals surface area (Å²) in [6.07, 6.45) is 2.47. The number of ether oxygens (including phenoxy) is 1. The Bertz CT molecular complexity index is 878. The first-order chi connectivity index (χ1) is 14.1. The van der Waals surface area contributed by atoms with Crippen LogP contribution >= 0.6 is 0 Å². The average Bonchev–Trinajstić information content (AvgIpc) is 2.91. The van der Waals surface area contributed by atoms with Crippen molar-refractivity contribution in [2.24, 2.45) is 17.0 Å². The first-order valence-electron chi connectivity index (χ1n) is 10.9. The summed E-state index contributed by atoms with van der Waals surface area (Å²) in [7, 11) is -3.85. The number of anilines is 1. The molecule has 1 fully saturated rings. The summed E-state index contributed by atoms with van der Waals surface area (Å²) < 4.78 is 28.8. The van der Waals surface area contributed by atoms with Gasteiger partial charge in [-0.3, -0.25) is 0 Å². The number of carbonyl (C=O) groups excluding carboxylic acids is 1. The largest absolute Gasteiger partial charge is 0.444 e. The third-order valence-electron chi connectivity index (χ3n) is 5.61. The van der Waals surface area contributed by atoms with Gasteiger partial charge in [0.2, 0.25) is 0 Å². The number of aromatic nitrogens is 1. The lowest BCUT2D eigenvalue weighted by Gasteiger charge is -2.33. The van der Waals surface area contributed by atoms with E-state index in [1.54, 1.807) is 12.1 Å². The quantitative estimate of drug-likeness (QED) is 0.644. The molecule has 0 radical (unpaired) electrons. The van der Waals surface area contributed by atoms with Crippen LogP contribution in [0.25, 0.3) is 0 Å². The predicted octanol–water partition coefficient (Wildman–Crippen LogP) is 3.98. The molecule has 8 nitrogen and oxygen atoms in total. The Balaban J connectivity index is 2.02. The van der Waals surface area contributed by atoms with Crippen molar-refractivity contribution in [3.8, 4) is 0 Å². The monoisotopic (exact) mass is 454 g/mol. The maximum atomic E-state index is 12.6. The molecule has 0 bridgehead atoms. The number of amides is 1. The molecule has 2 heterocycles. The first-order valence-corrected chi connectivity index (χ1v) is 12.4. The fourth-order valence-electron chi connectivity index (χ4n) is 4.05. The molecular formula is C22H38N4O4S. The fourth-order valence-corrected chi connectivity index (χ4v) is 4.54. The molecule has 1 unspecified atom stereocenters. The highest BCUT2D eigenvalue weighted by molar-refractivity contribution is 7.89. The van der Waals surface area contributed by atoms with Gasteiger partial charge in [-0.15, -0.1) is 0 Å². The summed E-state index contributed by atoms with van der Waals surface area (Å²) in [4.78, 5) is 18.6. The van der Waals surface area contributed by atoms with Crippen molar-refractivity contribution in [1.82, 2.24) is 9.88 Å². The van der Waals surface area contributed by atoms with Crippen LogP contribution in [-0.2, 0) is 14.8 Å².